The van der Waals surface area contributed by atoms with Gasteiger partial charge < -0.3 is 10.1 Å². The van der Waals surface area contributed by atoms with Crippen molar-refractivity contribution in [1.82, 2.24) is 9.71 Å². The molecular weight excluding hydrogens is 278 g/mol. The van der Waals surface area contributed by atoms with E-state index in [2.05, 4.69) is 15.0 Å². The van der Waals surface area contributed by atoms with Crippen LogP contribution in [0.4, 0.5) is 5.82 Å². The molecule has 0 radical (unpaired) electrons. The van der Waals surface area contributed by atoms with Gasteiger partial charge >= 0.3 is 0 Å². The quantitative estimate of drug-likeness (QED) is 0.783. The second kappa shape index (κ2) is 6.06. The molecule has 2 rings (SSSR count). The molecule has 1 aromatic heterocycles. The summed E-state index contributed by atoms with van der Waals surface area (Å²) in [6.45, 7) is 0.761. The van der Waals surface area contributed by atoms with Crippen LogP contribution in [0.2, 0.25) is 0 Å². The molecule has 0 fully saturated rings. The average molecular weight is 295 g/mol. The number of ether oxygens (including phenoxy) is 1. The molecule has 0 spiro atoms. The SMILES string of the molecule is COc1cccc2c(NCCNS(C)(=O)=O)nccc12. The van der Waals surface area contributed by atoms with Crippen molar-refractivity contribution in [2.45, 2.75) is 0 Å². The van der Waals surface area contributed by atoms with Crippen LogP contribution in [0, 0.1) is 0 Å². The van der Waals surface area contributed by atoms with Crippen molar-refractivity contribution in [3.8, 4) is 5.75 Å². The number of fused-ring (bicyclic) bond motifs is 1. The van der Waals surface area contributed by atoms with Gasteiger partial charge in [0.15, 0.2) is 0 Å². The molecule has 2 N–H and O–H groups in total. The van der Waals surface area contributed by atoms with E-state index < -0.39 is 10.0 Å². The maximum Gasteiger partial charge on any atom is 0.208 e. The summed E-state index contributed by atoms with van der Waals surface area (Å²) < 4.78 is 29.7. The predicted molar refractivity (Wildman–Crippen MR) is 79.6 cm³/mol. The number of pyridine rings is 1. The van der Waals surface area contributed by atoms with Crippen LogP contribution in [-0.4, -0.2) is 39.9 Å². The van der Waals surface area contributed by atoms with Crippen molar-refractivity contribution < 1.29 is 13.2 Å². The van der Waals surface area contributed by atoms with E-state index in [0.29, 0.717) is 18.9 Å². The minimum atomic E-state index is -3.16. The monoisotopic (exact) mass is 295 g/mol. The Bertz CT molecular complexity index is 701. The Balaban J connectivity index is 2.15. The molecule has 0 amide bonds. The Hall–Kier alpha value is -1.86. The average Bonchev–Trinajstić information content (AvgIpc) is 2.42. The lowest BCUT2D eigenvalue weighted by molar-refractivity contribution is 0.420. The van der Waals surface area contributed by atoms with Gasteiger partial charge in [0.1, 0.15) is 11.6 Å². The third-order valence-corrected chi connectivity index (χ3v) is 3.50. The van der Waals surface area contributed by atoms with Crippen LogP contribution in [0.5, 0.6) is 5.75 Å². The Kier molecular flexibility index (Phi) is 4.41. The van der Waals surface area contributed by atoms with Crippen LogP contribution >= 0.6 is 0 Å². The molecule has 6 nitrogen and oxygen atoms in total. The van der Waals surface area contributed by atoms with Gasteiger partial charge in [0, 0.05) is 30.1 Å². The summed E-state index contributed by atoms with van der Waals surface area (Å²) in [5.41, 5.74) is 0. The summed E-state index contributed by atoms with van der Waals surface area (Å²) in [6, 6.07) is 7.60. The summed E-state index contributed by atoms with van der Waals surface area (Å²) >= 11 is 0. The Morgan fingerprint density at radius 3 is 2.70 bits per heavy atom. The van der Waals surface area contributed by atoms with E-state index in [-0.39, 0.29) is 0 Å². The number of nitrogens with zero attached hydrogens (tertiary/aromatic N) is 1. The number of benzene rings is 1. The first-order valence-electron chi connectivity index (χ1n) is 6.11. The van der Waals surface area contributed by atoms with Gasteiger partial charge in [-0.3, -0.25) is 0 Å². The van der Waals surface area contributed by atoms with E-state index in [4.69, 9.17) is 4.74 Å². The first-order valence-corrected chi connectivity index (χ1v) is 8.00. The fourth-order valence-electron chi connectivity index (χ4n) is 1.91. The fraction of sp³-hybridized carbons (Fsp3) is 0.308. The minimum Gasteiger partial charge on any atom is -0.496 e. The fourth-order valence-corrected chi connectivity index (χ4v) is 2.39. The number of nitrogens with one attached hydrogen (secondary N) is 2. The molecule has 7 heteroatoms. The minimum absolute atomic E-state index is 0.306. The van der Waals surface area contributed by atoms with Gasteiger partial charge in [0.05, 0.1) is 13.4 Å². The molecule has 0 atom stereocenters. The van der Waals surface area contributed by atoms with E-state index in [1.165, 1.54) is 0 Å². The normalized spacial score (nSPS) is 11.5. The zero-order valence-electron chi connectivity index (χ0n) is 11.4. The third kappa shape index (κ3) is 3.58. The summed E-state index contributed by atoms with van der Waals surface area (Å²) in [4.78, 5) is 4.27. The van der Waals surface area contributed by atoms with Crippen molar-refractivity contribution in [2.75, 3.05) is 31.8 Å². The van der Waals surface area contributed by atoms with Crippen molar-refractivity contribution in [2.24, 2.45) is 0 Å². The molecule has 2 aromatic rings. The molecule has 0 aliphatic heterocycles. The molecule has 1 heterocycles. The van der Waals surface area contributed by atoms with Gasteiger partial charge in [-0.1, -0.05) is 12.1 Å². The lowest BCUT2D eigenvalue weighted by Crippen LogP contribution is -2.27. The van der Waals surface area contributed by atoms with Gasteiger partial charge in [-0.25, -0.2) is 18.1 Å². The molecule has 0 saturated carbocycles. The van der Waals surface area contributed by atoms with Crippen LogP contribution in [-0.2, 0) is 10.0 Å². The summed E-state index contributed by atoms with van der Waals surface area (Å²) in [5, 5.41) is 5.02. The molecule has 20 heavy (non-hydrogen) atoms. The third-order valence-electron chi connectivity index (χ3n) is 2.77. The number of sulfonamides is 1. The first-order chi connectivity index (χ1) is 9.51. The standard InChI is InChI=1S/C13H17N3O3S/c1-19-12-5-3-4-11-10(12)6-7-14-13(11)15-8-9-16-20(2,17)18/h3-7,16H,8-9H2,1-2H3,(H,14,15). The highest BCUT2D eigenvalue weighted by Gasteiger charge is 2.06. The second-order valence-corrected chi connectivity index (χ2v) is 6.14. The number of rotatable bonds is 6. The van der Waals surface area contributed by atoms with Gasteiger partial charge in [-0.2, -0.15) is 0 Å². The molecule has 0 aliphatic rings. The first kappa shape index (κ1) is 14.5. The molecule has 1 aromatic carbocycles. The van der Waals surface area contributed by atoms with Gasteiger partial charge in [-0.15, -0.1) is 0 Å². The Morgan fingerprint density at radius 1 is 1.20 bits per heavy atom. The zero-order valence-corrected chi connectivity index (χ0v) is 12.2. The van der Waals surface area contributed by atoms with Crippen LogP contribution in [0.3, 0.4) is 0 Å². The molecule has 108 valence electrons. The van der Waals surface area contributed by atoms with Crippen molar-refractivity contribution in [3.63, 3.8) is 0 Å². The lowest BCUT2D eigenvalue weighted by Gasteiger charge is -2.10. The van der Waals surface area contributed by atoms with E-state index in [0.717, 1.165) is 22.8 Å². The molecular formula is C13H17N3O3S. The highest BCUT2D eigenvalue weighted by Crippen LogP contribution is 2.28. The topological polar surface area (TPSA) is 80.3 Å². The van der Waals surface area contributed by atoms with Crippen LogP contribution in [0.25, 0.3) is 10.8 Å². The molecule has 0 unspecified atom stereocenters. The molecule has 0 aliphatic carbocycles. The van der Waals surface area contributed by atoms with Gasteiger partial charge in [-0.05, 0) is 12.1 Å². The maximum atomic E-state index is 11.0. The number of methoxy groups -OCH3 is 1. The van der Waals surface area contributed by atoms with Crippen molar-refractivity contribution in [3.05, 3.63) is 30.5 Å². The Labute approximate surface area is 118 Å². The predicted octanol–water partition coefficient (Wildman–Crippen LogP) is 1.20. The number of aromatic nitrogens is 1. The highest BCUT2D eigenvalue weighted by molar-refractivity contribution is 7.88. The molecule has 0 bridgehead atoms. The summed E-state index contributed by atoms with van der Waals surface area (Å²) in [6.07, 6.45) is 2.82. The van der Waals surface area contributed by atoms with Crippen LogP contribution < -0.4 is 14.8 Å². The zero-order chi connectivity index (χ0) is 14.6. The lowest BCUT2D eigenvalue weighted by atomic mass is 10.1. The van der Waals surface area contributed by atoms with Crippen LogP contribution in [0.1, 0.15) is 0 Å². The second-order valence-electron chi connectivity index (χ2n) is 4.31. The van der Waals surface area contributed by atoms with E-state index in [1.54, 1.807) is 13.3 Å². The summed E-state index contributed by atoms with van der Waals surface area (Å²) in [7, 11) is -1.54. The van der Waals surface area contributed by atoms with Crippen molar-refractivity contribution in [1.29, 1.82) is 0 Å². The largest absolute Gasteiger partial charge is 0.496 e. The smallest absolute Gasteiger partial charge is 0.208 e. The Morgan fingerprint density at radius 2 is 2.00 bits per heavy atom. The number of hydrogen-bond acceptors (Lipinski definition) is 5. The molecule has 0 saturated heterocycles. The van der Waals surface area contributed by atoms with Crippen LogP contribution in [0.15, 0.2) is 30.5 Å². The van der Waals surface area contributed by atoms with Gasteiger partial charge in [0.25, 0.3) is 0 Å². The number of hydrogen-bond donors (Lipinski definition) is 2. The van der Waals surface area contributed by atoms with E-state index in [1.807, 2.05) is 24.3 Å². The maximum absolute atomic E-state index is 11.0. The highest BCUT2D eigenvalue weighted by atomic mass is 32.2. The van der Waals surface area contributed by atoms with Crippen molar-refractivity contribution >= 4 is 26.6 Å². The summed E-state index contributed by atoms with van der Waals surface area (Å²) in [5.74, 6) is 1.49. The van der Waals surface area contributed by atoms with E-state index >= 15 is 0 Å². The van der Waals surface area contributed by atoms with E-state index in [9.17, 15) is 8.42 Å². The van der Waals surface area contributed by atoms with Gasteiger partial charge in [0.2, 0.25) is 10.0 Å². The number of anilines is 1.